The Bertz CT molecular complexity index is 644. The van der Waals surface area contributed by atoms with Gasteiger partial charge in [0.05, 0.1) is 0 Å². The van der Waals surface area contributed by atoms with Gasteiger partial charge in [-0.2, -0.15) is 0 Å². The molecule has 1 aromatic carbocycles. The van der Waals surface area contributed by atoms with Gasteiger partial charge in [0.1, 0.15) is 0 Å². The molecule has 0 aliphatic carbocycles. The Morgan fingerprint density at radius 2 is 2.00 bits per heavy atom. The maximum atomic E-state index is 6.40. The number of piperazine rings is 1. The summed E-state index contributed by atoms with van der Waals surface area (Å²) in [4.78, 5) is 13.2. The Balaban J connectivity index is 1.78. The van der Waals surface area contributed by atoms with E-state index in [4.69, 9.17) is 11.6 Å². The Hall–Kier alpha value is -1.69. The first-order chi connectivity index (χ1) is 11.1. The number of nitrogens with zero attached hydrogens (tertiary/aromatic N) is 4. The molecule has 1 saturated heterocycles. The monoisotopic (exact) mass is 331 g/mol. The zero-order chi connectivity index (χ0) is 16.2. The Morgan fingerprint density at radius 3 is 2.70 bits per heavy atom. The number of hydrogen-bond acceptors (Lipinski definition) is 5. The first kappa shape index (κ1) is 16.2. The average Bonchev–Trinajstić information content (AvgIpc) is 2.56. The lowest BCUT2D eigenvalue weighted by Gasteiger charge is -2.36. The van der Waals surface area contributed by atoms with Gasteiger partial charge in [0.2, 0.25) is 5.95 Å². The fourth-order valence-electron chi connectivity index (χ4n) is 2.88. The van der Waals surface area contributed by atoms with Crippen LogP contribution in [0.25, 0.3) is 0 Å². The first-order valence-corrected chi connectivity index (χ1v) is 8.20. The SMILES string of the molecule is CN(C)c1ncc(CN2CCNCC2c2ccccc2Cl)cn1. The maximum Gasteiger partial charge on any atom is 0.224 e. The van der Waals surface area contributed by atoms with Crippen LogP contribution in [0.5, 0.6) is 0 Å². The van der Waals surface area contributed by atoms with Crippen molar-refractivity contribution in [2.45, 2.75) is 12.6 Å². The molecule has 0 saturated carbocycles. The van der Waals surface area contributed by atoms with Crippen LogP contribution in [0.15, 0.2) is 36.7 Å². The van der Waals surface area contributed by atoms with E-state index < -0.39 is 0 Å². The fourth-order valence-corrected chi connectivity index (χ4v) is 3.14. The summed E-state index contributed by atoms with van der Waals surface area (Å²) in [5, 5.41) is 4.29. The summed E-state index contributed by atoms with van der Waals surface area (Å²) < 4.78 is 0. The summed E-state index contributed by atoms with van der Waals surface area (Å²) in [7, 11) is 3.89. The largest absolute Gasteiger partial charge is 0.347 e. The average molecular weight is 332 g/mol. The van der Waals surface area contributed by atoms with Crippen LogP contribution >= 0.6 is 11.6 Å². The van der Waals surface area contributed by atoms with Gasteiger partial charge < -0.3 is 10.2 Å². The van der Waals surface area contributed by atoms with Crippen molar-refractivity contribution in [3.05, 3.63) is 52.8 Å². The van der Waals surface area contributed by atoms with E-state index in [1.807, 2.05) is 49.6 Å². The molecule has 0 spiro atoms. The molecular formula is C17H22ClN5. The van der Waals surface area contributed by atoms with Gasteiger partial charge >= 0.3 is 0 Å². The molecule has 1 aromatic heterocycles. The van der Waals surface area contributed by atoms with Crippen molar-refractivity contribution in [1.82, 2.24) is 20.2 Å². The van der Waals surface area contributed by atoms with Gasteiger partial charge in [0.25, 0.3) is 0 Å². The van der Waals surface area contributed by atoms with Crippen LogP contribution < -0.4 is 10.2 Å². The van der Waals surface area contributed by atoms with Gasteiger partial charge in [0, 0.05) is 69.3 Å². The van der Waals surface area contributed by atoms with Crippen molar-refractivity contribution >= 4 is 17.5 Å². The number of halogens is 1. The summed E-state index contributed by atoms with van der Waals surface area (Å²) in [5.41, 5.74) is 2.29. The molecule has 6 heteroatoms. The van der Waals surface area contributed by atoms with Crippen LogP contribution in [0.2, 0.25) is 5.02 Å². The summed E-state index contributed by atoms with van der Waals surface area (Å²) in [6.45, 7) is 3.69. The number of benzene rings is 1. The standard InChI is InChI=1S/C17H22ClN5/c1-22(2)17-20-9-13(10-21-17)12-23-8-7-19-11-16(23)14-5-3-4-6-15(14)18/h3-6,9-10,16,19H,7-8,11-12H2,1-2H3. The zero-order valence-electron chi connectivity index (χ0n) is 13.5. The molecule has 23 heavy (non-hydrogen) atoms. The molecule has 1 aliphatic heterocycles. The van der Waals surface area contributed by atoms with Crippen molar-refractivity contribution < 1.29 is 0 Å². The molecule has 1 atom stereocenters. The second kappa shape index (κ2) is 7.25. The Labute approximate surface area is 142 Å². The minimum atomic E-state index is 0.269. The van der Waals surface area contributed by atoms with Gasteiger partial charge in [-0.05, 0) is 11.6 Å². The molecule has 5 nitrogen and oxygen atoms in total. The van der Waals surface area contributed by atoms with Crippen LogP contribution in [0.1, 0.15) is 17.2 Å². The molecule has 1 unspecified atom stereocenters. The van der Waals surface area contributed by atoms with E-state index in [0.717, 1.165) is 42.7 Å². The summed E-state index contributed by atoms with van der Waals surface area (Å²) in [6, 6.07) is 8.35. The van der Waals surface area contributed by atoms with Gasteiger partial charge in [-0.25, -0.2) is 9.97 Å². The third kappa shape index (κ3) is 3.80. The van der Waals surface area contributed by atoms with Gasteiger partial charge in [0.15, 0.2) is 0 Å². The number of nitrogens with one attached hydrogen (secondary N) is 1. The number of hydrogen-bond donors (Lipinski definition) is 1. The second-order valence-corrected chi connectivity index (χ2v) is 6.40. The fraction of sp³-hybridized carbons (Fsp3) is 0.412. The highest BCUT2D eigenvalue weighted by atomic mass is 35.5. The molecule has 0 bridgehead atoms. The lowest BCUT2D eigenvalue weighted by Crippen LogP contribution is -2.45. The minimum Gasteiger partial charge on any atom is -0.347 e. The van der Waals surface area contributed by atoms with Crippen LogP contribution in [0.4, 0.5) is 5.95 Å². The topological polar surface area (TPSA) is 44.3 Å². The van der Waals surface area contributed by atoms with Crippen molar-refractivity contribution in [2.24, 2.45) is 0 Å². The highest BCUT2D eigenvalue weighted by Gasteiger charge is 2.25. The minimum absolute atomic E-state index is 0.269. The molecule has 1 N–H and O–H groups in total. The van der Waals surface area contributed by atoms with E-state index in [0.29, 0.717) is 0 Å². The molecule has 2 heterocycles. The highest BCUT2D eigenvalue weighted by Crippen LogP contribution is 2.29. The predicted octanol–water partition coefficient (Wildman–Crippen LogP) is 2.34. The number of anilines is 1. The first-order valence-electron chi connectivity index (χ1n) is 7.82. The van der Waals surface area contributed by atoms with Crippen LogP contribution in [-0.2, 0) is 6.54 Å². The second-order valence-electron chi connectivity index (χ2n) is 6.00. The van der Waals surface area contributed by atoms with E-state index in [1.165, 1.54) is 5.56 Å². The van der Waals surface area contributed by atoms with Crippen LogP contribution in [-0.4, -0.2) is 48.6 Å². The summed E-state index contributed by atoms with van der Waals surface area (Å²) in [6.07, 6.45) is 3.82. The third-order valence-electron chi connectivity index (χ3n) is 4.10. The lowest BCUT2D eigenvalue weighted by molar-refractivity contribution is 0.153. The van der Waals surface area contributed by atoms with E-state index in [9.17, 15) is 0 Å². The number of aromatic nitrogens is 2. The highest BCUT2D eigenvalue weighted by molar-refractivity contribution is 6.31. The Kier molecular flexibility index (Phi) is 5.10. The smallest absolute Gasteiger partial charge is 0.224 e. The molecule has 0 amide bonds. The maximum absolute atomic E-state index is 6.40. The molecule has 3 rings (SSSR count). The molecular weight excluding hydrogens is 310 g/mol. The molecule has 1 aliphatic rings. The summed E-state index contributed by atoms with van der Waals surface area (Å²) >= 11 is 6.40. The van der Waals surface area contributed by atoms with Crippen molar-refractivity contribution in [3.8, 4) is 0 Å². The lowest BCUT2D eigenvalue weighted by atomic mass is 10.0. The normalized spacial score (nSPS) is 18.8. The van der Waals surface area contributed by atoms with E-state index >= 15 is 0 Å². The van der Waals surface area contributed by atoms with Crippen molar-refractivity contribution in [2.75, 3.05) is 38.6 Å². The third-order valence-corrected chi connectivity index (χ3v) is 4.44. The van der Waals surface area contributed by atoms with Gasteiger partial charge in [-0.3, -0.25) is 4.90 Å². The van der Waals surface area contributed by atoms with Crippen LogP contribution in [0.3, 0.4) is 0 Å². The summed E-state index contributed by atoms with van der Waals surface area (Å²) in [5.74, 6) is 0.733. The van der Waals surface area contributed by atoms with E-state index in [-0.39, 0.29) is 6.04 Å². The van der Waals surface area contributed by atoms with Crippen LogP contribution in [0, 0.1) is 0 Å². The van der Waals surface area contributed by atoms with E-state index in [2.05, 4.69) is 26.3 Å². The quantitative estimate of drug-likeness (QED) is 0.931. The number of rotatable bonds is 4. The molecule has 2 aromatic rings. The molecule has 0 radical (unpaired) electrons. The van der Waals surface area contributed by atoms with E-state index in [1.54, 1.807) is 0 Å². The van der Waals surface area contributed by atoms with Crippen molar-refractivity contribution in [1.29, 1.82) is 0 Å². The zero-order valence-corrected chi connectivity index (χ0v) is 14.3. The van der Waals surface area contributed by atoms with Gasteiger partial charge in [-0.1, -0.05) is 29.8 Å². The van der Waals surface area contributed by atoms with Crippen molar-refractivity contribution in [3.63, 3.8) is 0 Å². The molecule has 122 valence electrons. The predicted molar refractivity (Wildman–Crippen MR) is 93.8 cm³/mol. The van der Waals surface area contributed by atoms with Gasteiger partial charge in [-0.15, -0.1) is 0 Å². The Morgan fingerprint density at radius 1 is 1.26 bits per heavy atom. The molecule has 1 fully saturated rings.